The van der Waals surface area contributed by atoms with E-state index in [1.165, 1.54) is 37.9 Å². The van der Waals surface area contributed by atoms with Gasteiger partial charge in [-0.15, -0.1) is 0 Å². The average molecular weight is 313 g/mol. The number of imidazole rings is 1. The van der Waals surface area contributed by atoms with Gasteiger partial charge in [0.25, 0.3) is 0 Å². The van der Waals surface area contributed by atoms with Gasteiger partial charge in [-0.3, -0.25) is 4.79 Å². The van der Waals surface area contributed by atoms with E-state index >= 15 is 0 Å². The zero-order chi connectivity index (χ0) is 12.7. The van der Waals surface area contributed by atoms with Crippen LogP contribution in [0.2, 0.25) is 0 Å². The Morgan fingerprint density at radius 2 is 2.22 bits per heavy atom. The van der Waals surface area contributed by atoms with Crippen molar-refractivity contribution < 1.29 is 9.53 Å². The van der Waals surface area contributed by atoms with Gasteiger partial charge in [-0.05, 0) is 35.2 Å². The van der Waals surface area contributed by atoms with Crippen LogP contribution in [0.1, 0.15) is 43.1 Å². The highest BCUT2D eigenvalue weighted by atomic mass is 79.9. The van der Waals surface area contributed by atoms with Crippen LogP contribution in [0.5, 0.6) is 0 Å². The van der Waals surface area contributed by atoms with Crippen LogP contribution in [-0.2, 0) is 22.5 Å². The highest BCUT2D eigenvalue weighted by Crippen LogP contribution is 2.39. The summed E-state index contributed by atoms with van der Waals surface area (Å²) in [5, 5.41) is 0. The topological polar surface area (TPSA) is 44.1 Å². The van der Waals surface area contributed by atoms with Gasteiger partial charge in [-0.1, -0.05) is 6.42 Å². The van der Waals surface area contributed by atoms with E-state index in [0.717, 1.165) is 24.0 Å². The lowest BCUT2D eigenvalue weighted by molar-refractivity contribution is -0.146. The van der Waals surface area contributed by atoms with Crippen LogP contribution in [0.15, 0.2) is 4.60 Å². The summed E-state index contributed by atoms with van der Waals surface area (Å²) in [5.74, 6) is 1.74. The molecule has 0 spiro atoms. The molecule has 1 saturated carbocycles. The molecule has 18 heavy (non-hydrogen) atoms. The van der Waals surface area contributed by atoms with Gasteiger partial charge in [0, 0.05) is 18.9 Å². The van der Waals surface area contributed by atoms with E-state index in [0.29, 0.717) is 5.92 Å². The van der Waals surface area contributed by atoms with E-state index in [1.54, 1.807) is 0 Å². The Balaban J connectivity index is 1.87. The molecule has 1 aliphatic heterocycles. The van der Waals surface area contributed by atoms with Crippen LogP contribution in [0.25, 0.3) is 0 Å². The molecular formula is C13H17BrN2O2. The fourth-order valence-electron chi connectivity index (χ4n) is 2.89. The van der Waals surface area contributed by atoms with Crippen molar-refractivity contribution in [1.82, 2.24) is 9.55 Å². The minimum absolute atomic E-state index is 0.00950. The van der Waals surface area contributed by atoms with Crippen LogP contribution >= 0.6 is 15.9 Å². The third-order valence-electron chi connectivity index (χ3n) is 4.20. The quantitative estimate of drug-likeness (QED) is 0.789. The average Bonchev–Trinajstić information content (AvgIpc) is 2.63. The Morgan fingerprint density at radius 1 is 1.44 bits per heavy atom. The maximum Gasteiger partial charge on any atom is 0.309 e. The van der Waals surface area contributed by atoms with E-state index in [4.69, 9.17) is 4.74 Å². The molecule has 0 amide bonds. The number of hydrogen-bond donors (Lipinski definition) is 0. The number of nitrogens with zero attached hydrogens (tertiary/aromatic N) is 2. The summed E-state index contributed by atoms with van der Waals surface area (Å²) < 4.78 is 8.07. The van der Waals surface area contributed by atoms with Gasteiger partial charge in [-0.25, -0.2) is 4.98 Å². The van der Waals surface area contributed by atoms with E-state index in [-0.39, 0.29) is 11.9 Å². The molecule has 2 aliphatic rings. The minimum Gasteiger partial charge on any atom is -0.469 e. The summed E-state index contributed by atoms with van der Waals surface area (Å²) in [4.78, 5) is 16.3. The molecule has 0 saturated heterocycles. The van der Waals surface area contributed by atoms with Gasteiger partial charge in [0.2, 0.25) is 0 Å². The number of hydrogen-bond acceptors (Lipinski definition) is 3. The largest absolute Gasteiger partial charge is 0.469 e. The fourth-order valence-corrected chi connectivity index (χ4v) is 3.44. The number of halogens is 1. The van der Waals surface area contributed by atoms with Gasteiger partial charge in [-0.2, -0.15) is 0 Å². The molecule has 1 aliphatic carbocycles. The Labute approximate surface area is 115 Å². The summed E-state index contributed by atoms with van der Waals surface area (Å²) in [7, 11) is 1.46. The maximum absolute atomic E-state index is 11.6. The zero-order valence-corrected chi connectivity index (χ0v) is 12.1. The second-order valence-corrected chi connectivity index (χ2v) is 5.95. The van der Waals surface area contributed by atoms with Crippen LogP contribution in [0.4, 0.5) is 0 Å². The van der Waals surface area contributed by atoms with Gasteiger partial charge in [0.15, 0.2) is 0 Å². The first-order valence-corrected chi connectivity index (χ1v) is 7.32. The molecule has 1 fully saturated rings. The van der Waals surface area contributed by atoms with Gasteiger partial charge < -0.3 is 9.30 Å². The molecule has 0 aromatic carbocycles. The lowest BCUT2D eigenvalue weighted by Gasteiger charge is -2.29. The molecule has 0 N–H and O–H groups in total. The Hall–Kier alpha value is -0.840. The molecule has 0 radical (unpaired) electrons. The molecule has 98 valence electrons. The Kier molecular flexibility index (Phi) is 3.18. The van der Waals surface area contributed by atoms with Crippen molar-refractivity contribution in [3.8, 4) is 0 Å². The van der Waals surface area contributed by atoms with Crippen molar-refractivity contribution in [3.63, 3.8) is 0 Å². The second-order valence-electron chi connectivity index (χ2n) is 5.20. The Bertz CT molecular complexity index is 480. The first kappa shape index (κ1) is 12.2. The summed E-state index contributed by atoms with van der Waals surface area (Å²) in [6.45, 7) is 0.888. The molecular weight excluding hydrogens is 296 g/mol. The normalized spacial score (nSPS) is 23.3. The molecule has 5 heteroatoms. The molecule has 1 aromatic heterocycles. The van der Waals surface area contributed by atoms with Crippen molar-refractivity contribution in [2.24, 2.45) is 5.92 Å². The SMILES string of the molecule is COC(=O)C1CCn2c(C3CCC3)nc(Br)c2C1. The number of ether oxygens (including phenoxy) is 1. The molecule has 3 rings (SSSR count). The van der Waals surface area contributed by atoms with Crippen LogP contribution in [0, 0.1) is 5.92 Å². The van der Waals surface area contributed by atoms with Crippen LogP contribution in [-0.4, -0.2) is 22.6 Å². The number of esters is 1. The lowest BCUT2D eigenvalue weighted by atomic mass is 9.84. The van der Waals surface area contributed by atoms with E-state index < -0.39 is 0 Å². The van der Waals surface area contributed by atoms with E-state index in [1.807, 2.05) is 0 Å². The first-order chi connectivity index (χ1) is 8.70. The highest BCUT2D eigenvalue weighted by molar-refractivity contribution is 9.10. The van der Waals surface area contributed by atoms with Crippen molar-refractivity contribution >= 4 is 21.9 Å². The maximum atomic E-state index is 11.6. The highest BCUT2D eigenvalue weighted by Gasteiger charge is 2.33. The summed E-state index contributed by atoms with van der Waals surface area (Å²) >= 11 is 3.54. The third-order valence-corrected chi connectivity index (χ3v) is 4.83. The monoisotopic (exact) mass is 312 g/mol. The summed E-state index contributed by atoms with van der Waals surface area (Å²) in [6, 6.07) is 0. The molecule has 2 heterocycles. The third kappa shape index (κ3) is 1.88. The van der Waals surface area contributed by atoms with Gasteiger partial charge in [0.05, 0.1) is 18.7 Å². The Morgan fingerprint density at radius 3 is 2.83 bits per heavy atom. The van der Waals surface area contributed by atoms with Crippen molar-refractivity contribution in [2.45, 2.75) is 44.6 Å². The minimum atomic E-state index is -0.0976. The number of methoxy groups -OCH3 is 1. The number of aromatic nitrogens is 2. The van der Waals surface area contributed by atoms with Gasteiger partial charge in [0.1, 0.15) is 10.4 Å². The number of fused-ring (bicyclic) bond motifs is 1. The molecule has 1 unspecified atom stereocenters. The first-order valence-electron chi connectivity index (χ1n) is 6.53. The van der Waals surface area contributed by atoms with E-state index in [9.17, 15) is 4.79 Å². The van der Waals surface area contributed by atoms with Crippen molar-refractivity contribution in [1.29, 1.82) is 0 Å². The van der Waals surface area contributed by atoms with Crippen LogP contribution < -0.4 is 0 Å². The molecule has 1 atom stereocenters. The predicted molar refractivity (Wildman–Crippen MR) is 70.3 cm³/mol. The zero-order valence-electron chi connectivity index (χ0n) is 10.5. The predicted octanol–water partition coefficient (Wildman–Crippen LogP) is 2.65. The number of rotatable bonds is 2. The van der Waals surface area contributed by atoms with E-state index in [2.05, 4.69) is 25.5 Å². The smallest absolute Gasteiger partial charge is 0.309 e. The van der Waals surface area contributed by atoms with Crippen molar-refractivity contribution in [3.05, 3.63) is 16.1 Å². The van der Waals surface area contributed by atoms with Gasteiger partial charge >= 0.3 is 5.97 Å². The number of carbonyl (C=O) groups is 1. The standard InChI is InChI=1S/C13H17BrN2O2/c1-18-13(17)9-5-6-16-10(7-9)11(14)15-12(16)8-3-2-4-8/h8-9H,2-7H2,1H3. The second kappa shape index (κ2) is 4.68. The molecule has 1 aromatic rings. The van der Waals surface area contributed by atoms with Crippen LogP contribution in [0.3, 0.4) is 0 Å². The molecule has 0 bridgehead atoms. The summed E-state index contributed by atoms with van der Waals surface area (Å²) in [5.41, 5.74) is 1.17. The fraction of sp³-hybridized carbons (Fsp3) is 0.692. The summed E-state index contributed by atoms with van der Waals surface area (Å²) in [6.07, 6.45) is 5.43. The van der Waals surface area contributed by atoms with Crippen molar-refractivity contribution in [2.75, 3.05) is 7.11 Å². The molecule has 4 nitrogen and oxygen atoms in total. The number of carbonyl (C=O) groups excluding carboxylic acids is 1. The lowest BCUT2D eigenvalue weighted by Crippen LogP contribution is -2.28.